The largest absolute Gasteiger partial charge is 0.382 e. The molecule has 72 valence electrons. The first kappa shape index (κ1) is 9.22. The molecule has 1 N–H and O–H groups in total. The summed E-state index contributed by atoms with van der Waals surface area (Å²) < 4.78 is 0. The molecule has 1 aliphatic rings. The number of hydrogen-bond acceptors (Lipinski definition) is 1. The van der Waals surface area contributed by atoms with E-state index in [1.165, 1.54) is 5.56 Å². The highest BCUT2D eigenvalue weighted by Gasteiger charge is 2.17. The Morgan fingerprint density at radius 1 is 1.07 bits per heavy atom. The molecular weight excluding hydrogens is 172 g/mol. The average molecular weight is 186 g/mol. The molecular formula is C13H14O. The van der Waals surface area contributed by atoms with Gasteiger partial charge in [-0.05, 0) is 12.5 Å². The van der Waals surface area contributed by atoms with Crippen LogP contribution < -0.4 is 0 Å². The molecule has 0 heterocycles. The van der Waals surface area contributed by atoms with Crippen LogP contribution in [-0.4, -0.2) is 10.7 Å². The predicted molar refractivity (Wildman–Crippen MR) is 58.1 cm³/mol. The summed E-state index contributed by atoms with van der Waals surface area (Å²) in [6.07, 6.45) is 7.75. The first-order valence-electron chi connectivity index (χ1n) is 4.83. The summed E-state index contributed by atoms with van der Waals surface area (Å²) in [6.45, 7) is 1.78. The van der Waals surface area contributed by atoms with Crippen molar-refractivity contribution in [2.75, 3.05) is 0 Å². The van der Waals surface area contributed by atoms with Gasteiger partial charge in [-0.15, -0.1) is 0 Å². The third-order valence-electron chi connectivity index (χ3n) is 2.47. The molecule has 0 atom stereocenters. The fourth-order valence-corrected chi connectivity index (χ4v) is 1.61. The van der Waals surface area contributed by atoms with Crippen LogP contribution in [0, 0.1) is 0 Å². The molecule has 0 aromatic heterocycles. The smallest absolute Gasteiger partial charge is 0.0981 e. The van der Waals surface area contributed by atoms with E-state index in [2.05, 4.69) is 12.1 Å². The molecule has 0 radical (unpaired) electrons. The molecule has 1 aromatic rings. The standard InChI is InChI=1S/C13H14O/c1-13(14)9-7-12(8-10-13)11-5-3-2-4-6-11/h2-10,12,14H,1H3. The molecule has 1 heteroatoms. The molecule has 2 rings (SSSR count). The van der Waals surface area contributed by atoms with E-state index in [-0.39, 0.29) is 0 Å². The van der Waals surface area contributed by atoms with E-state index in [0.717, 1.165) is 0 Å². The summed E-state index contributed by atoms with van der Waals surface area (Å²) in [4.78, 5) is 0. The Morgan fingerprint density at radius 3 is 2.21 bits per heavy atom. The van der Waals surface area contributed by atoms with E-state index in [4.69, 9.17) is 0 Å². The summed E-state index contributed by atoms with van der Waals surface area (Å²) in [5.74, 6) is 0.302. The maximum atomic E-state index is 9.67. The SMILES string of the molecule is CC1(O)C=CC(c2ccccc2)C=C1. The van der Waals surface area contributed by atoms with Gasteiger partial charge in [0.1, 0.15) is 0 Å². The van der Waals surface area contributed by atoms with Crippen LogP contribution in [0.1, 0.15) is 18.4 Å². The van der Waals surface area contributed by atoms with Gasteiger partial charge in [-0.2, -0.15) is 0 Å². The van der Waals surface area contributed by atoms with Gasteiger partial charge in [0.2, 0.25) is 0 Å². The molecule has 0 bridgehead atoms. The zero-order valence-corrected chi connectivity index (χ0v) is 8.22. The normalized spacial score (nSPS) is 30.6. The Morgan fingerprint density at radius 2 is 1.64 bits per heavy atom. The lowest BCUT2D eigenvalue weighted by Crippen LogP contribution is -2.19. The maximum Gasteiger partial charge on any atom is 0.0981 e. The van der Waals surface area contributed by atoms with Crippen LogP contribution in [0.4, 0.5) is 0 Å². The summed E-state index contributed by atoms with van der Waals surface area (Å²) in [5, 5.41) is 9.67. The minimum absolute atomic E-state index is 0.302. The molecule has 0 aliphatic heterocycles. The first-order chi connectivity index (χ1) is 6.67. The van der Waals surface area contributed by atoms with Crippen molar-refractivity contribution < 1.29 is 5.11 Å². The van der Waals surface area contributed by atoms with Crippen LogP contribution in [0.2, 0.25) is 0 Å². The quantitative estimate of drug-likeness (QED) is 0.668. The van der Waals surface area contributed by atoms with Gasteiger partial charge >= 0.3 is 0 Å². The Kier molecular flexibility index (Phi) is 2.26. The van der Waals surface area contributed by atoms with Crippen molar-refractivity contribution in [3.63, 3.8) is 0 Å². The van der Waals surface area contributed by atoms with E-state index >= 15 is 0 Å². The molecule has 0 amide bonds. The fraction of sp³-hybridized carbons (Fsp3) is 0.231. The van der Waals surface area contributed by atoms with Gasteiger partial charge in [-0.3, -0.25) is 0 Å². The number of rotatable bonds is 1. The summed E-state index contributed by atoms with van der Waals surface area (Å²) in [5.41, 5.74) is 0.487. The van der Waals surface area contributed by atoms with Gasteiger partial charge in [0, 0.05) is 5.92 Å². The Bertz CT molecular complexity index is 344. The molecule has 0 spiro atoms. The number of aliphatic hydroxyl groups is 1. The highest BCUT2D eigenvalue weighted by Crippen LogP contribution is 2.25. The molecule has 0 saturated heterocycles. The van der Waals surface area contributed by atoms with Crippen molar-refractivity contribution in [1.82, 2.24) is 0 Å². The lowest BCUT2D eigenvalue weighted by Gasteiger charge is -2.21. The van der Waals surface area contributed by atoms with Crippen LogP contribution in [0.5, 0.6) is 0 Å². The lowest BCUT2D eigenvalue weighted by molar-refractivity contribution is 0.161. The Hall–Kier alpha value is -1.34. The van der Waals surface area contributed by atoms with Crippen LogP contribution in [0.15, 0.2) is 54.6 Å². The lowest BCUT2D eigenvalue weighted by atomic mass is 9.89. The Balaban J connectivity index is 2.22. The third kappa shape index (κ3) is 1.94. The van der Waals surface area contributed by atoms with Crippen molar-refractivity contribution >= 4 is 0 Å². The second kappa shape index (κ2) is 3.43. The van der Waals surface area contributed by atoms with Crippen LogP contribution in [-0.2, 0) is 0 Å². The molecule has 1 aliphatic carbocycles. The van der Waals surface area contributed by atoms with E-state index in [0.29, 0.717) is 5.92 Å². The molecule has 1 nitrogen and oxygen atoms in total. The zero-order valence-electron chi connectivity index (χ0n) is 8.22. The van der Waals surface area contributed by atoms with Crippen molar-refractivity contribution in [3.8, 4) is 0 Å². The number of hydrogen-bond donors (Lipinski definition) is 1. The van der Waals surface area contributed by atoms with Gasteiger partial charge in [0.05, 0.1) is 5.60 Å². The highest BCUT2D eigenvalue weighted by atomic mass is 16.3. The van der Waals surface area contributed by atoms with Crippen molar-refractivity contribution in [2.24, 2.45) is 0 Å². The topological polar surface area (TPSA) is 20.2 Å². The van der Waals surface area contributed by atoms with Gasteiger partial charge in [0.25, 0.3) is 0 Å². The third-order valence-corrected chi connectivity index (χ3v) is 2.47. The van der Waals surface area contributed by atoms with E-state index in [1.54, 1.807) is 6.92 Å². The zero-order chi connectivity index (χ0) is 10.0. The van der Waals surface area contributed by atoms with Gasteiger partial charge in [-0.25, -0.2) is 0 Å². The average Bonchev–Trinajstić information content (AvgIpc) is 2.19. The molecule has 0 fully saturated rings. The number of allylic oxidation sites excluding steroid dienone is 2. The predicted octanol–water partition coefficient (Wildman–Crippen LogP) is 2.65. The second-order valence-electron chi connectivity index (χ2n) is 3.88. The monoisotopic (exact) mass is 186 g/mol. The molecule has 1 aromatic carbocycles. The summed E-state index contributed by atoms with van der Waals surface area (Å²) in [6, 6.07) is 10.3. The Labute approximate surface area is 84.4 Å². The van der Waals surface area contributed by atoms with E-state index in [9.17, 15) is 5.11 Å². The van der Waals surface area contributed by atoms with Crippen molar-refractivity contribution in [3.05, 3.63) is 60.2 Å². The van der Waals surface area contributed by atoms with Crippen molar-refractivity contribution in [2.45, 2.75) is 18.4 Å². The van der Waals surface area contributed by atoms with Gasteiger partial charge < -0.3 is 5.11 Å². The van der Waals surface area contributed by atoms with Gasteiger partial charge in [0.15, 0.2) is 0 Å². The van der Waals surface area contributed by atoms with Crippen LogP contribution in [0.3, 0.4) is 0 Å². The molecule has 0 unspecified atom stereocenters. The fourth-order valence-electron chi connectivity index (χ4n) is 1.61. The first-order valence-corrected chi connectivity index (χ1v) is 4.83. The van der Waals surface area contributed by atoms with E-state index in [1.807, 2.05) is 42.5 Å². The summed E-state index contributed by atoms with van der Waals surface area (Å²) >= 11 is 0. The number of benzene rings is 1. The summed E-state index contributed by atoms with van der Waals surface area (Å²) in [7, 11) is 0. The molecule has 14 heavy (non-hydrogen) atoms. The van der Waals surface area contributed by atoms with Crippen LogP contribution in [0.25, 0.3) is 0 Å². The maximum absolute atomic E-state index is 9.67. The van der Waals surface area contributed by atoms with Crippen molar-refractivity contribution in [1.29, 1.82) is 0 Å². The minimum atomic E-state index is -0.773. The van der Waals surface area contributed by atoms with Crippen LogP contribution >= 0.6 is 0 Å². The molecule has 0 saturated carbocycles. The second-order valence-corrected chi connectivity index (χ2v) is 3.88. The van der Waals surface area contributed by atoms with Gasteiger partial charge in [-0.1, -0.05) is 54.6 Å². The minimum Gasteiger partial charge on any atom is -0.382 e. The van der Waals surface area contributed by atoms with E-state index < -0.39 is 5.60 Å². The highest BCUT2D eigenvalue weighted by molar-refractivity contribution is 5.34.